The summed E-state index contributed by atoms with van der Waals surface area (Å²) < 4.78 is 0. The van der Waals surface area contributed by atoms with Gasteiger partial charge in [-0.2, -0.15) is 0 Å². The van der Waals surface area contributed by atoms with Crippen LogP contribution in [0.3, 0.4) is 0 Å². The molecule has 0 fully saturated rings. The molecule has 110 valence electrons. The normalized spacial score (nSPS) is 12.4. The highest BCUT2D eigenvalue weighted by atomic mass is 32.1. The third-order valence-electron chi connectivity index (χ3n) is 2.82. The molecule has 19 heavy (non-hydrogen) atoms. The molecule has 0 saturated heterocycles. The first kappa shape index (κ1) is 16.6. The van der Waals surface area contributed by atoms with Crippen molar-refractivity contribution in [1.29, 1.82) is 0 Å². The second-order valence-electron chi connectivity index (χ2n) is 6.99. The average molecular weight is 282 g/mol. The molecule has 0 atom stereocenters. The minimum absolute atomic E-state index is 0.321. The van der Waals surface area contributed by atoms with Crippen LogP contribution >= 0.6 is 11.3 Å². The molecule has 0 bridgehead atoms. The zero-order valence-electron chi connectivity index (χ0n) is 13.5. The van der Waals surface area contributed by atoms with E-state index in [1.165, 1.54) is 22.0 Å². The molecule has 3 heteroatoms. The smallest absolute Gasteiger partial charge is 0.0936 e. The Morgan fingerprint density at radius 1 is 1.26 bits per heavy atom. The summed E-state index contributed by atoms with van der Waals surface area (Å²) in [6.07, 6.45) is 3.37. The van der Waals surface area contributed by atoms with Gasteiger partial charge in [0.1, 0.15) is 0 Å². The number of nitrogens with one attached hydrogen (secondary N) is 1. The molecule has 0 saturated carbocycles. The van der Waals surface area contributed by atoms with E-state index in [0.29, 0.717) is 11.3 Å². The number of rotatable bonds is 7. The van der Waals surface area contributed by atoms with Crippen molar-refractivity contribution in [2.75, 3.05) is 6.54 Å². The van der Waals surface area contributed by atoms with Crippen molar-refractivity contribution < 1.29 is 0 Å². The standard InChI is InChI=1S/C16H30N2S/c1-7-8-17-11-14-13(9-12(2)3)18-15(19-14)10-16(4,5)6/h12,17H,7-11H2,1-6H3. The van der Waals surface area contributed by atoms with Crippen LogP contribution in [0.2, 0.25) is 0 Å². The SMILES string of the molecule is CCCNCc1sc(CC(C)(C)C)nc1CC(C)C. The first-order valence-corrected chi connectivity index (χ1v) is 8.31. The summed E-state index contributed by atoms with van der Waals surface area (Å²) in [4.78, 5) is 6.34. The Kier molecular flexibility index (Phi) is 6.48. The van der Waals surface area contributed by atoms with Gasteiger partial charge in [0.2, 0.25) is 0 Å². The van der Waals surface area contributed by atoms with Gasteiger partial charge >= 0.3 is 0 Å². The predicted octanol–water partition coefficient (Wildman–Crippen LogP) is 4.43. The van der Waals surface area contributed by atoms with Gasteiger partial charge in [-0.15, -0.1) is 11.3 Å². The van der Waals surface area contributed by atoms with Crippen molar-refractivity contribution in [1.82, 2.24) is 10.3 Å². The van der Waals surface area contributed by atoms with Crippen molar-refractivity contribution in [3.63, 3.8) is 0 Å². The fraction of sp³-hybridized carbons (Fsp3) is 0.812. The number of hydrogen-bond donors (Lipinski definition) is 1. The maximum Gasteiger partial charge on any atom is 0.0936 e. The van der Waals surface area contributed by atoms with E-state index in [-0.39, 0.29) is 0 Å². The Bertz CT molecular complexity index is 375. The van der Waals surface area contributed by atoms with Gasteiger partial charge in [-0.1, -0.05) is 41.5 Å². The number of hydrogen-bond acceptors (Lipinski definition) is 3. The lowest BCUT2D eigenvalue weighted by atomic mass is 9.93. The van der Waals surface area contributed by atoms with Crippen LogP contribution in [-0.4, -0.2) is 11.5 Å². The molecule has 2 nitrogen and oxygen atoms in total. The molecule has 0 unspecified atom stereocenters. The highest BCUT2D eigenvalue weighted by Gasteiger charge is 2.17. The summed E-state index contributed by atoms with van der Waals surface area (Å²) in [5.41, 5.74) is 1.64. The van der Waals surface area contributed by atoms with Gasteiger partial charge < -0.3 is 5.32 Å². The summed E-state index contributed by atoms with van der Waals surface area (Å²) in [7, 11) is 0. The van der Waals surface area contributed by atoms with E-state index in [0.717, 1.165) is 25.9 Å². The molecular weight excluding hydrogens is 252 g/mol. The molecule has 0 aromatic carbocycles. The molecular formula is C16H30N2S. The molecule has 1 aromatic heterocycles. The van der Waals surface area contributed by atoms with Crippen LogP contribution < -0.4 is 5.32 Å². The summed E-state index contributed by atoms with van der Waals surface area (Å²) >= 11 is 1.91. The van der Waals surface area contributed by atoms with Crippen molar-refractivity contribution in [3.05, 3.63) is 15.6 Å². The summed E-state index contributed by atoms with van der Waals surface area (Å²) in [6.45, 7) is 15.7. The second kappa shape index (κ2) is 7.39. The van der Waals surface area contributed by atoms with Gasteiger partial charge in [-0.3, -0.25) is 0 Å². The number of aromatic nitrogens is 1. The van der Waals surface area contributed by atoms with Crippen LogP contribution in [0.25, 0.3) is 0 Å². The van der Waals surface area contributed by atoms with Crippen LogP contribution in [-0.2, 0) is 19.4 Å². The van der Waals surface area contributed by atoms with Gasteiger partial charge in [0, 0.05) is 17.8 Å². The predicted molar refractivity (Wildman–Crippen MR) is 85.8 cm³/mol. The van der Waals surface area contributed by atoms with Crippen molar-refractivity contribution in [3.8, 4) is 0 Å². The lowest BCUT2D eigenvalue weighted by Gasteiger charge is -2.15. The van der Waals surface area contributed by atoms with Crippen molar-refractivity contribution in [2.24, 2.45) is 11.3 Å². The molecule has 0 aliphatic heterocycles. The Hall–Kier alpha value is -0.410. The summed E-state index contributed by atoms with van der Waals surface area (Å²) in [5, 5.41) is 4.81. The Morgan fingerprint density at radius 3 is 2.47 bits per heavy atom. The first-order chi connectivity index (χ1) is 8.81. The van der Waals surface area contributed by atoms with Crippen LogP contribution in [0.5, 0.6) is 0 Å². The monoisotopic (exact) mass is 282 g/mol. The van der Waals surface area contributed by atoms with Gasteiger partial charge in [0.15, 0.2) is 0 Å². The minimum Gasteiger partial charge on any atom is -0.312 e. The van der Waals surface area contributed by atoms with Gasteiger partial charge in [0.25, 0.3) is 0 Å². The molecule has 0 aliphatic carbocycles. The van der Waals surface area contributed by atoms with E-state index >= 15 is 0 Å². The highest BCUT2D eigenvalue weighted by molar-refractivity contribution is 7.11. The maximum absolute atomic E-state index is 4.89. The van der Waals surface area contributed by atoms with Gasteiger partial charge in [0.05, 0.1) is 10.7 Å². The highest BCUT2D eigenvalue weighted by Crippen LogP contribution is 2.27. The average Bonchev–Trinajstić information content (AvgIpc) is 2.57. The van der Waals surface area contributed by atoms with E-state index in [4.69, 9.17) is 4.98 Å². The Labute approximate surface area is 123 Å². The molecule has 1 heterocycles. The van der Waals surface area contributed by atoms with Crippen LogP contribution in [0, 0.1) is 11.3 Å². The topological polar surface area (TPSA) is 24.9 Å². The zero-order valence-corrected chi connectivity index (χ0v) is 14.3. The summed E-state index contributed by atoms with van der Waals surface area (Å²) in [5.74, 6) is 0.675. The van der Waals surface area contributed by atoms with Crippen LogP contribution in [0.15, 0.2) is 0 Å². The molecule has 0 aliphatic rings. The van der Waals surface area contributed by atoms with Crippen LogP contribution in [0.4, 0.5) is 0 Å². The first-order valence-electron chi connectivity index (χ1n) is 7.50. The number of nitrogens with zero attached hydrogens (tertiary/aromatic N) is 1. The molecule has 1 aromatic rings. The fourth-order valence-corrected chi connectivity index (χ4v) is 3.40. The number of thiazole rings is 1. The van der Waals surface area contributed by atoms with E-state index in [9.17, 15) is 0 Å². The molecule has 1 N–H and O–H groups in total. The quantitative estimate of drug-likeness (QED) is 0.748. The molecule has 0 radical (unpaired) electrons. The third kappa shape index (κ3) is 6.53. The van der Waals surface area contributed by atoms with E-state index < -0.39 is 0 Å². The molecule has 1 rings (SSSR count). The van der Waals surface area contributed by atoms with E-state index in [1.807, 2.05) is 11.3 Å². The summed E-state index contributed by atoms with van der Waals surface area (Å²) in [6, 6.07) is 0. The molecule has 0 amide bonds. The largest absolute Gasteiger partial charge is 0.312 e. The van der Waals surface area contributed by atoms with E-state index in [2.05, 4.69) is 46.9 Å². The maximum atomic E-state index is 4.89. The van der Waals surface area contributed by atoms with Gasteiger partial charge in [-0.25, -0.2) is 4.98 Å². The lowest BCUT2D eigenvalue weighted by Crippen LogP contribution is -2.14. The Balaban J connectivity index is 2.79. The van der Waals surface area contributed by atoms with Crippen molar-refractivity contribution >= 4 is 11.3 Å². The lowest BCUT2D eigenvalue weighted by molar-refractivity contribution is 0.410. The van der Waals surface area contributed by atoms with Gasteiger partial charge in [-0.05, 0) is 30.7 Å². The van der Waals surface area contributed by atoms with Crippen LogP contribution in [0.1, 0.15) is 63.5 Å². The zero-order chi connectivity index (χ0) is 14.5. The van der Waals surface area contributed by atoms with Crippen molar-refractivity contribution in [2.45, 2.75) is 67.3 Å². The minimum atomic E-state index is 0.321. The third-order valence-corrected chi connectivity index (χ3v) is 3.92. The fourth-order valence-electron chi connectivity index (χ4n) is 2.03. The second-order valence-corrected chi connectivity index (χ2v) is 8.16. The molecule has 0 spiro atoms. The Morgan fingerprint density at radius 2 is 1.95 bits per heavy atom. The van der Waals surface area contributed by atoms with E-state index in [1.54, 1.807) is 0 Å².